The van der Waals surface area contributed by atoms with Crippen molar-refractivity contribution in [3.05, 3.63) is 52.5 Å². The van der Waals surface area contributed by atoms with E-state index in [0.29, 0.717) is 23.5 Å². The molecular weight excluding hydrogens is 428 g/mol. The molecule has 1 aliphatic heterocycles. The summed E-state index contributed by atoms with van der Waals surface area (Å²) in [5, 5.41) is 2.80. The first kappa shape index (κ1) is 19.9. The van der Waals surface area contributed by atoms with Gasteiger partial charge in [-0.2, -0.15) is 0 Å². The lowest BCUT2D eigenvalue weighted by Gasteiger charge is -2.29. The molecule has 2 amide bonds. The molecule has 0 saturated carbocycles. The lowest BCUT2D eigenvalue weighted by molar-refractivity contribution is -0.140. The number of fused-ring (bicyclic) bond motifs is 1. The van der Waals surface area contributed by atoms with Gasteiger partial charge in [-0.3, -0.25) is 19.3 Å². The number of esters is 1. The van der Waals surface area contributed by atoms with Gasteiger partial charge in [-0.1, -0.05) is 28.1 Å². The van der Waals surface area contributed by atoms with Gasteiger partial charge in [0.25, 0.3) is 5.91 Å². The normalized spacial score (nSPS) is 12.8. The van der Waals surface area contributed by atoms with E-state index < -0.39 is 0 Å². The van der Waals surface area contributed by atoms with E-state index in [4.69, 9.17) is 9.47 Å². The van der Waals surface area contributed by atoms with Crippen molar-refractivity contribution in [1.29, 1.82) is 0 Å². The Bertz CT molecular complexity index is 915. The minimum atomic E-state index is -0.327. The van der Waals surface area contributed by atoms with E-state index in [1.54, 1.807) is 24.3 Å². The maximum absolute atomic E-state index is 12.5. The monoisotopic (exact) mass is 446 g/mol. The number of carbonyl (C=O) groups is 3. The lowest BCUT2D eigenvalue weighted by Crippen LogP contribution is -2.43. The molecule has 2 aromatic carbocycles. The zero-order valence-corrected chi connectivity index (χ0v) is 16.8. The molecule has 0 bridgehead atoms. The van der Waals surface area contributed by atoms with E-state index in [1.165, 1.54) is 11.8 Å². The highest BCUT2D eigenvalue weighted by atomic mass is 79.9. The van der Waals surface area contributed by atoms with Crippen LogP contribution in [-0.4, -0.2) is 37.5 Å². The summed E-state index contributed by atoms with van der Waals surface area (Å²) in [6.07, 6.45) is 0.549. The fourth-order valence-electron chi connectivity index (χ4n) is 2.81. The van der Waals surface area contributed by atoms with E-state index in [1.807, 2.05) is 18.2 Å². The smallest absolute Gasteiger partial charge is 0.302 e. The second-order valence-corrected chi connectivity index (χ2v) is 7.13. The molecule has 0 atom stereocenters. The maximum atomic E-state index is 12.5. The van der Waals surface area contributed by atoms with Gasteiger partial charge in [0.1, 0.15) is 12.3 Å². The van der Waals surface area contributed by atoms with Crippen molar-refractivity contribution in [1.82, 2.24) is 0 Å². The summed E-state index contributed by atoms with van der Waals surface area (Å²) >= 11 is 3.36. The van der Waals surface area contributed by atoms with Gasteiger partial charge >= 0.3 is 5.97 Å². The highest BCUT2D eigenvalue weighted by molar-refractivity contribution is 9.10. The van der Waals surface area contributed by atoms with Gasteiger partial charge in [-0.25, -0.2) is 0 Å². The first-order chi connectivity index (χ1) is 13.4. The van der Waals surface area contributed by atoms with Crippen LogP contribution in [0.1, 0.15) is 12.5 Å². The number of carbonyl (C=O) groups excluding carboxylic acids is 3. The van der Waals surface area contributed by atoms with Crippen LogP contribution in [0.2, 0.25) is 0 Å². The van der Waals surface area contributed by atoms with Crippen molar-refractivity contribution < 1.29 is 23.9 Å². The number of nitrogens with zero attached hydrogens (tertiary/aromatic N) is 1. The third-order valence-electron chi connectivity index (χ3n) is 4.07. The predicted molar refractivity (Wildman–Crippen MR) is 107 cm³/mol. The average molecular weight is 447 g/mol. The fourth-order valence-corrected chi connectivity index (χ4v) is 3.15. The number of benzene rings is 2. The van der Waals surface area contributed by atoms with Crippen molar-refractivity contribution in [2.45, 2.75) is 13.3 Å². The largest absolute Gasteiger partial charge is 0.482 e. The number of ether oxygens (including phenoxy) is 2. The number of halogens is 1. The molecule has 0 fully saturated rings. The van der Waals surface area contributed by atoms with E-state index in [9.17, 15) is 14.4 Å². The molecule has 0 saturated heterocycles. The van der Waals surface area contributed by atoms with Crippen molar-refractivity contribution in [3.8, 4) is 5.75 Å². The van der Waals surface area contributed by atoms with Gasteiger partial charge in [-0.05, 0) is 35.9 Å². The number of amides is 2. The number of anilines is 2. The summed E-state index contributed by atoms with van der Waals surface area (Å²) in [5.74, 6) is -0.373. The standard InChI is InChI=1S/C20H19BrN2O5/c1-13(24)27-8-7-14-3-2-4-16(9-14)22-19(25)11-23-17-6-5-15(21)10-18(17)28-12-20(23)26/h2-6,9-10H,7-8,11-12H2,1H3,(H,22,25). The van der Waals surface area contributed by atoms with E-state index in [0.717, 1.165) is 10.0 Å². The van der Waals surface area contributed by atoms with Gasteiger partial charge in [-0.15, -0.1) is 0 Å². The Morgan fingerprint density at radius 2 is 2.07 bits per heavy atom. The summed E-state index contributed by atoms with van der Waals surface area (Å²) in [6, 6.07) is 12.6. The molecule has 1 heterocycles. The van der Waals surface area contributed by atoms with Crippen LogP contribution in [0.3, 0.4) is 0 Å². The zero-order chi connectivity index (χ0) is 20.1. The van der Waals surface area contributed by atoms with Crippen molar-refractivity contribution in [3.63, 3.8) is 0 Å². The van der Waals surface area contributed by atoms with Crippen molar-refractivity contribution >= 4 is 45.1 Å². The maximum Gasteiger partial charge on any atom is 0.302 e. The summed E-state index contributed by atoms with van der Waals surface area (Å²) in [4.78, 5) is 37.0. The SMILES string of the molecule is CC(=O)OCCc1cccc(NC(=O)CN2C(=O)COc3cc(Br)ccc32)c1. The number of nitrogens with one attached hydrogen (secondary N) is 1. The molecular formula is C20H19BrN2O5. The molecule has 7 nitrogen and oxygen atoms in total. The van der Waals surface area contributed by atoms with Crippen LogP contribution in [-0.2, 0) is 25.5 Å². The Hall–Kier alpha value is -2.87. The minimum absolute atomic E-state index is 0.109. The molecule has 3 rings (SSSR count). The summed E-state index contributed by atoms with van der Waals surface area (Å²) in [7, 11) is 0. The molecule has 2 aromatic rings. The van der Waals surface area contributed by atoms with Gasteiger partial charge in [0, 0.05) is 23.5 Å². The molecule has 0 radical (unpaired) electrons. The molecule has 28 heavy (non-hydrogen) atoms. The van der Waals surface area contributed by atoms with Crippen molar-refractivity contribution in [2.75, 3.05) is 30.0 Å². The van der Waals surface area contributed by atoms with E-state index >= 15 is 0 Å². The van der Waals surface area contributed by atoms with Crippen LogP contribution >= 0.6 is 15.9 Å². The first-order valence-corrected chi connectivity index (χ1v) is 9.46. The van der Waals surface area contributed by atoms with Crippen LogP contribution in [0.25, 0.3) is 0 Å². The highest BCUT2D eigenvalue weighted by Gasteiger charge is 2.27. The van der Waals surface area contributed by atoms with Gasteiger partial charge < -0.3 is 14.8 Å². The van der Waals surface area contributed by atoms with E-state index in [-0.39, 0.29) is 37.5 Å². The number of hydrogen-bond donors (Lipinski definition) is 1. The highest BCUT2D eigenvalue weighted by Crippen LogP contribution is 2.34. The number of hydrogen-bond acceptors (Lipinski definition) is 5. The Morgan fingerprint density at radius 1 is 1.25 bits per heavy atom. The molecule has 0 unspecified atom stereocenters. The quantitative estimate of drug-likeness (QED) is 0.689. The Kier molecular flexibility index (Phi) is 6.30. The van der Waals surface area contributed by atoms with Crippen LogP contribution in [0, 0.1) is 0 Å². The molecule has 1 N–H and O–H groups in total. The summed E-state index contributed by atoms with van der Waals surface area (Å²) < 4.78 is 11.2. The lowest BCUT2D eigenvalue weighted by atomic mass is 10.1. The van der Waals surface area contributed by atoms with Crippen LogP contribution < -0.4 is 15.0 Å². The molecule has 8 heteroatoms. The second-order valence-electron chi connectivity index (χ2n) is 6.22. The third kappa shape index (κ3) is 5.10. The second kappa shape index (κ2) is 8.88. The topological polar surface area (TPSA) is 84.9 Å². The molecule has 146 valence electrons. The van der Waals surface area contributed by atoms with Crippen LogP contribution in [0.15, 0.2) is 46.9 Å². The Labute approximate surface area is 170 Å². The molecule has 1 aliphatic rings. The zero-order valence-electron chi connectivity index (χ0n) is 15.2. The van der Waals surface area contributed by atoms with Gasteiger partial charge in [0.15, 0.2) is 6.61 Å². The van der Waals surface area contributed by atoms with Crippen molar-refractivity contribution in [2.24, 2.45) is 0 Å². The van der Waals surface area contributed by atoms with Gasteiger partial charge in [0.2, 0.25) is 5.91 Å². The fraction of sp³-hybridized carbons (Fsp3) is 0.250. The first-order valence-electron chi connectivity index (χ1n) is 8.67. The van der Waals surface area contributed by atoms with Crippen LogP contribution in [0.5, 0.6) is 5.75 Å². The van der Waals surface area contributed by atoms with Gasteiger partial charge in [0.05, 0.1) is 12.3 Å². The Balaban J connectivity index is 1.64. The summed E-state index contributed by atoms with van der Waals surface area (Å²) in [5.41, 5.74) is 2.10. The third-order valence-corrected chi connectivity index (χ3v) is 4.57. The molecule has 0 aromatic heterocycles. The molecule has 0 aliphatic carbocycles. The summed E-state index contributed by atoms with van der Waals surface area (Å²) in [6.45, 7) is 1.42. The molecule has 0 spiro atoms. The van der Waals surface area contributed by atoms with Crippen LogP contribution in [0.4, 0.5) is 11.4 Å². The predicted octanol–water partition coefficient (Wildman–Crippen LogP) is 2.92. The average Bonchev–Trinajstić information content (AvgIpc) is 2.64. The Morgan fingerprint density at radius 3 is 2.86 bits per heavy atom. The number of rotatable bonds is 6. The minimum Gasteiger partial charge on any atom is -0.482 e. The van der Waals surface area contributed by atoms with E-state index in [2.05, 4.69) is 21.2 Å².